The van der Waals surface area contributed by atoms with Gasteiger partial charge in [0.2, 0.25) is 0 Å². The first-order chi connectivity index (χ1) is 10.6. The van der Waals surface area contributed by atoms with Crippen LogP contribution in [0.3, 0.4) is 0 Å². The Kier molecular flexibility index (Phi) is 4.09. The molecule has 0 bridgehead atoms. The van der Waals surface area contributed by atoms with Crippen molar-refractivity contribution < 1.29 is 9.21 Å². The van der Waals surface area contributed by atoms with E-state index in [1.54, 1.807) is 0 Å². The van der Waals surface area contributed by atoms with E-state index in [-0.39, 0.29) is 5.91 Å². The minimum absolute atomic E-state index is 0.0685. The van der Waals surface area contributed by atoms with Crippen LogP contribution in [0.1, 0.15) is 29.0 Å². The molecule has 0 aliphatic carbocycles. The van der Waals surface area contributed by atoms with Crippen molar-refractivity contribution in [3.8, 4) is 0 Å². The van der Waals surface area contributed by atoms with Gasteiger partial charge in [0.05, 0.1) is 5.56 Å². The molecule has 0 spiro atoms. The molecule has 0 unspecified atom stereocenters. The molecule has 0 N–H and O–H groups in total. The van der Waals surface area contributed by atoms with Gasteiger partial charge in [-0.05, 0) is 31.7 Å². The van der Waals surface area contributed by atoms with Gasteiger partial charge in [0.25, 0.3) is 5.91 Å². The Morgan fingerprint density at radius 3 is 2.73 bits per heavy atom. The summed E-state index contributed by atoms with van der Waals surface area (Å²) in [4.78, 5) is 29.3. The first-order valence-corrected chi connectivity index (χ1v) is 7.49. The zero-order valence-electron chi connectivity index (χ0n) is 12.6. The lowest BCUT2D eigenvalue weighted by Gasteiger charge is -2.32. The molecule has 2 aromatic heterocycles. The second kappa shape index (κ2) is 6.17. The number of aromatic nitrogens is 2. The van der Waals surface area contributed by atoms with E-state index in [1.807, 2.05) is 24.2 Å². The molecule has 1 fully saturated rings. The SMILES string of the molecule is Cc1nccn1CC1CCN(C(=O)c2ccc(=O)oc2)CC1. The van der Waals surface area contributed by atoms with Crippen LogP contribution in [-0.2, 0) is 6.54 Å². The average Bonchev–Trinajstić information content (AvgIpc) is 2.93. The number of imidazole rings is 1. The highest BCUT2D eigenvalue weighted by Gasteiger charge is 2.24. The number of nitrogens with zero attached hydrogens (tertiary/aromatic N) is 3. The fourth-order valence-corrected chi connectivity index (χ4v) is 2.86. The molecule has 116 valence electrons. The van der Waals surface area contributed by atoms with E-state index >= 15 is 0 Å². The number of hydrogen-bond donors (Lipinski definition) is 0. The molecular formula is C16H19N3O3. The van der Waals surface area contributed by atoms with Crippen molar-refractivity contribution in [1.29, 1.82) is 0 Å². The van der Waals surface area contributed by atoms with Crippen molar-refractivity contribution in [2.75, 3.05) is 13.1 Å². The minimum Gasteiger partial charge on any atom is -0.430 e. The maximum atomic E-state index is 12.3. The van der Waals surface area contributed by atoms with Gasteiger partial charge in [0, 0.05) is 38.1 Å². The van der Waals surface area contributed by atoms with Crippen LogP contribution in [0.4, 0.5) is 0 Å². The molecule has 1 aliphatic heterocycles. The third-order valence-corrected chi connectivity index (χ3v) is 4.23. The summed E-state index contributed by atoms with van der Waals surface area (Å²) < 4.78 is 6.92. The lowest BCUT2D eigenvalue weighted by atomic mass is 9.96. The summed E-state index contributed by atoms with van der Waals surface area (Å²) >= 11 is 0. The molecule has 3 heterocycles. The molecule has 22 heavy (non-hydrogen) atoms. The van der Waals surface area contributed by atoms with E-state index in [4.69, 9.17) is 4.42 Å². The molecule has 1 aliphatic rings. The summed E-state index contributed by atoms with van der Waals surface area (Å²) in [6.07, 6.45) is 7.00. The third-order valence-electron chi connectivity index (χ3n) is 4.23. The van der Waals surface area contributed by atoms with Crippen LogP contribution < -0.4 is 5.63 Å². The molecule has 0 atom stereocenters. The summed E-state index contributed by atoms with van der Waals surface area (Å²) in [5, 5.41) is 0. The van der Waals surface area contributed by atoms with Gasteiger partial charge in [-0.25, -0.2) is 9.78 Å². The summed E-state index contributed by atoms with van der Waals surface area (Å²) in [6.45, 7) is 4.42. The van der Waals surface area contributed by atoms with Crippen molar-refractivity contribution in [2.24, 2.45) is 5.92 Å². The van der Waals surface area contributed by atoms with E-state index in [1.165, 1.54) is 18.4 Å². The van der Waals surface area contributed by atoms with Crippen molar-refractivity contribution in [3.05, 3.63) is 52.6 Å². The van der Waals surface area contributed by atoms with E-state index in [0.29, 0.717) is 11.5 Å². The molecule has 0 aromatic carbocycles. The van der Waals surface area contributed by atoms with Crippen molar-refractivity contribution in [1.82, 2.24) is 14.5 Å². The first-order valence-electron chi connectivity index (χ1n) is 7.49. The standard InChI is InChI=1S/C16H19N3O3/c1-12-17-6-9-19(12)10-13-4-7-18(8-5-13)16(21)14-2-3-15(20)22-11-14/h2-3,6,9,11,13H,4-5,7-8,10H2,1H3. The van der Waals surface area contributed by atoms with Crippen molar-refractivity contribution in [2.45, 2.75) is 26.3 Å². The minimum atomic E-state index is -0.439. The number of likely N-dealkylation sites (tertiary alicyclic amines) is 1. The molecule has 2 aromatic rings. The first kappa shape index (κ1) is 14.6. The maximum Gasteiger partial charge on any atom is 0.335 e. The topological polar surface area (TPSA) is 68.3 Å². The van der Waals surface area contributed by atoms with E-state index in [2.05, 4.69) is 9.55 Å². The van der Waals surface area contributed by atoms with E-state index < -0.39 is 5.63 Å². The van der Waals surface area contributed by atoms with Gasteiger partial charge in [-0.15, -0.1) is 0 Å². The second-order valence-corrected chi connectivity index (χ2v) is 5.71. The summed E-state index contributed by atoms with van der Waals surface area (Å²) in [5.74, 6) is 1.52. The number of carbonyl (C=O) groups is 1. The predicted molar refractivity (Wildman–Crippen MR) is 80.6 cm³/mol. The lowest BCUT2D eigenvalue weighted by molar-refractivity contribution is 0.0680. The van der Waals surface area contributed by atoms with Gasteiger partial charge in [-0.2, -0.15) is 0 Å². The Labute approximate surface area is 128 Å². The molecule has 1 saturated heterocycles. The van der Waals surface area contributed by atoms with Crippen LogP contribution in [0.2, 0.25) is 0 Å². The molecule has 0 radical (unpaired) electrons. The third kappa shape index (κ3) is 3.10. The van der Waals surface area contributed by atoms with E-state index in [9.17, 15) is 9.59 Å². The van der Waals surface area contributed by atoms with Crippen LogP contribution in [0.15, 0.2) is 40.0 Å². The highest BCUT2D eigenvalue weighted by atomic mass is 16.4. The normalized spacial score (nSPS) is 16.0. The van der Waals surface area contributed by atoms with E-state index in [0.717, 1.165) is 38.3 Å². The average molecular weight is 301 g/mol. The Morgan fingerprint density at radius 2 is 2.14 bits per heavy atom. The van der Waals surface area contributed by atoms with Crippen LogP contribution in [0.25, 0.3) is 0 Å². The van der Waals surface area contributed by atoms with Gasteiger partial charge in [-0.1, -0.05) is 0 Å². The number of rotatable bonds is 3. The zero-order chi connectivity index (χ0) is 15.5. The lowest BCUT2D eigenvalue weighted by Crippen LogP contribution is -2.39. The maximum absolute atomic E-state index is 12.3. The Morgan fingerprint density at radius 1 is 1.36 bits per heavy atom. The summed E-state index contributed by atoms with van der Waals surface area (Å²) in [6, 6.07) is 2.80. The van der Waals surface area contributed by atoms with Crippen LogP contribution in [-0.4, -0.2) is 33.4 Å². The smallest absolute Gasteiger partial charge is 0.335 e. The number of piperidine rings is 1. The quantitative estimate of drug-likeness (QED) is 0.865. The largest absolute Gasteiger partial charge is 0.430 e. The molecule has 6 heteroatoms. The molecule has 1 amide bonds. The Bertz CT molecular complexity index is 691. The molecular weight excluding hydrogens is 282 g/mol. The van der Waals surface area contributed by atoms with Crippen molar-refractivity contribution >= 4 is 5.91 Å². The number of amides is 1. The van der Waals surface area contributed by atoms with Gasteiger partial charge >= 0.3 is 5.63 Å². The van der Waals surface area contributed by atoms with Gasteiger partial charge < -0.3 is 13.9 Å². The zero-order valence-corrected chi connectivity index (χ0v) is 12.6. The van der Waals surface area contributed by atoms with Gasteiger partial charge in [-0.3, -0.25) is 4.79 Å². The Balaban J connectivity index is 1.57. The fraction of sp³-hybridized carbons (Fsp3) is 0.438. The number of aryl methyl sites for hydroxylation is 1. The highest BCUT2D eigenvalue weighted by Crippen LogP contribution is 2.21. The van der Waals surface area contributed by atoms with Crippen molar-refractivity contribution in [3.63, 3.8) is 0 Å². The Hall–Kier alpha value is -2.37. The van der Waals surface area contributed by atoms with Gasteiger partial charge in [0.15, 0.2) is 0 Å². The fourth-order valence-electron chi connectivity index (χ4n) is 2.86. The monoisotopic (exact) mass is 301 g/mol. The predicted octanol–water partition coefficient (Wildman–Crippen LogP) is 1.70. The summed E-state index contributed by atoms with van der Waals surface area (Å²) in [5.41, 5.74) is -0.00513. The van der Waals surface area contributed by atoms with Crippen LogP contribution in [0.5, 0.6) is 0 Å². The van der Waals surface area contributed by atoms with Crippen LogP contribution >= 0.6 is 0 Å². The molecule has 6 nitrogen and oxygen atoms in total. The number of hydrogen-bond acceptors (Lipinski definition) is 4. The second-order valence-electron chi connectivity index (χ2n) is 5.71. The summed E-state index contributed by atoms with van der Waals surface area (Å²) in [7, 11) is 0. The molecule has 3 rings (SSSR count). The number of carbonyl (C=O) groups excluding carboxylic acids is 1. The van der Waals surface area contributed by atoms with Crippen LogP contribution in [0, 0.1) is 12.8 Å². The van der Waals surface area contributed by atoms with Gasteiger partial charge in [0.1, 0.15) is 12.1 Å². The highest BCUT2D eigenvalue weighted by molar-refractivity contribution is 5.93. The molecule has 0 saturated carbocycles.